The second kappa shape index (κ2) is 8.96. The summed E-state index contributed by atoms with van der Waals surface area (Å²) in [6, 6.07) is 16.9. The minimum atomic E-state index is -0.969. The number of hydrogen-bond acceptors (Lipinski definition) is 6. The van der Waals surface area contributed by atoms with Crippen LogP contribution in [0.5, 0.6) is 5.75 Å². The van der Waals surface area contributed by atoms with Crippen molar-refractivity contribution in [1.29, 1.82) is 0 Å². The number of Topliss-reactive ketones (excluding diaryl/α,β-unsaturated/α-hetero) is 1. The Hall–Kier alpha value is -4.04. The highest BCUT2D eigenvalue weighted by Crippen LogP contribution is 2.44. The number of fused-ring (bicyclic) bond motifs is 1. The number of ether oxygens (including phenoxy) is 1. The molecule has 1 aliphatic heterocycles. The van der Waals surface area contributed by atoms with Gasteiger partial charge in [0.15, 0.2) is 5.13 Å². The molecule has 5 rings (SSSR count). The largest absolute Gasteiger partial charge is 0.507 e. The predicted molar refractivity (Wildman–Crippen MR) is 133 cm³/mol. The Morgan fingerprint density at radius 3 is 2.49 bits per heavy atom. The fourth-order valence-corrected chi connectivity index (χ4v) is 5.23. The molecule has 1 aromatic heterocycles. The van der Waals surface area contributed by atoms with E-state index in [0.717, 1.165) is 10.3 Å². The van der Waals surface area contributed by atoms with E-state index >= 15 is 0 Å². The molecular weight excluding hydrogens is 467 g/mol. The minimum Gasteiger partial charge on any atom is -0.507 e. The average molecular weight is 489 g/mol. The van der Waals surface area contributed by atoms with Crippen molar-refractivity contribution in [3.63, 3.8) is 0 Å². The van der Waals surface area contributed by atoms with Gasteiger partial charge in [-0.2, -0.15) is 0 Å². The molecule has 6 nitrogen and oxygen atoms in total. The summed E-state index contributed by atoms with van der Waals surface area (Å²) in [4.78, 5) is 32.4. The van der Waals surface area contributed by atoms with Crippen LogP contribution >= 0.6 is 11.3 Å². The third kappa shape index (κ3) is 4.06. The zero-order chi connectivity index (χ0) is 24.7. The Labute approximate surface area is 204 Å². The molecule has 35 heavy (non-hydrogen) atoms. The molecule has 1 atom stereocenters. The van der Waals surface area contributed by atoms with Crippen LogP contribution in [0.25, 0.3) is 16.0 Å². The molecule has 1 N–H and O–H groups in total. The molecule has 0 unspecified atom stereocenters. The number of carbonyl (C=O) groups is 2. The quantitative estimate of drug-likeness (QED) is 0.219. The van der Waals surface area contributed by atoms with Gasteiger partial charge in [0.2, 0.25) is 0 Å². The molecule has 1 amide bonds. The van der Waals surface area contributed by atoms with Crippen LogP contribution in [0.4, 0.5) is 9.52 Å². The topological polar surface area (TPSA) is 79.7 Å². The van der Waals surface area contributed by atoms with Gasteiger partial charge in [0.1, 0.15) is 17.3 Å². The maximum absolute atomic E-state index is 13.7. The van der Waals surface area contributed by atoms with Crippen LogP contribution in [0.15, 0.2) is 72.3 Å². The summed E-state index contributed by atoms with van der Waals surface area (Å²) in [5.74, 6) is -1.79. The van der Waals surface area contributed by atoms with Crippen molar-refractivity contribution in [3.8, 4) is 5.75 Å². The summed E-state index contributed by atoms with van der Waals surface area (Å²) in [6.45, 7) is 4.31. The molecule has 0 bridgehead atoms. The maximum atomic E-state index is 13.7. The Morgan fingerprint density at radius 1 is 1.09 bits per heavy atom. The summed E-state index contributed by atoms with van der Waals surface area (Å²) in [6.07, 6.45) is 0. The first kappa shape index (κ1) is 22.7. The molecule has 8 heteroatoms. The van der Waals surface area contributed by atoms with Crippen molar-refractivity contribution in [2.75, 3.05) is 11.5 Å². The third-order valence-corrected chi connectivity index (χ3v) is 6.83. The monoisotopic (exact) mass is 488 g/mol. The van der Waals surface area contributed by atoms with E-state index in [2.05, 4.69) is 4.98 Å². The SMILES string of the molecule is CCOc1ccc(/C(O)=C2\C(=O)C(=O)N(c3nc4ccc(C)cc4s3)[C@@H]2c2ccc(F)cc2)cc1. The molecule has 1 fully saturated rings. The van der Waals surface area contributed by atoms with Crippen LogP contribution in [-0.2, 0) is 9.59 Å². The van der Waals surface area contributed by atoms with Crippen LogP contribution in [0.3, 0.4) is 0 Å². The van der Waals surface area contributed by atoms with Gasteiger partial charge in [-0.1, -0.05) is 29.5 Å². The predicted octanol–water partition coefficient (Wildman–Crippen LogP) is 5.77. The second-order valence-electron chi connectivity index (χ2n) is 8.15. The normalized spacial score (nSPS) is 17.3. The first-order valence-corrected chi connectivity index (χ1v) is 11.9. The van der Waals surface area contributed by atoms with Crippen LogP contribution in [-0.4, -0.2) is 28.4 Å². The first-order chi connectivity index (χ1) is 16.9. The summed E-state index contributed by atoms with van der Waals surface area (Å²) in [5, 5.41) is 11.5. The Balaban J connectivity index is 1.68. The number of aromatic nitrogens is 1. The van der Waals surface area contributed by atoms with E-state index in [9.17, 15) is 19.1 Å². The van der Waals surface area contributed by atoms with Gasteiger partial charge < -0.3 is 9.84 Å². The molecular formula is C27H21FN2O4S. The van der Waals surface area contributed by atoms with E-state index < -0.39 is 23.5 Å². The van der Waals surface area contributed by atoms with Gasteiger partial charge in [0.25, 0.3) is 5.78 Å². The van der Waals surface area contributed by atoms with Crippen molar-refractivity contribution < 1.29 is 23.8 Å². The number of benzene rings is 3. The lowest BCUT2D eigenvalue weighted by molar-refractivity contribution is -0.132. The van der Waals surface area contributed by atoms with Crippen LogP contribution in [0.1, 0.15) is 29.7 Å². The van der Waals surface area contributed by atoms with E-state index in [1.807, 2.05) is 32.0 Å². The highest BCUT2D eigenvalue weighted by Gasteiger charge is 2.48. The molecule has 0 saturated carbocycles. The Kier molecular flexibility index (Phi) is 5.82. The average Bonchev–Trinajstić information content (AvgIpc) is 3.37. The molecule has 4 aromatic rings. The molecule has 0 aliphatic carbocycles. The van der Waals surface area contributed by atoms with Crippen molar-refractivity contribution in [2.24, 2.45) is 0 Å². The highest BCUT2D eigenvalue weighted by atomic mass is 32.1. The molecule has 0 radical (unpaired) electrons. The van der Waals surface area contributed by atoms with E-state index in [-0.39, 0.29) is 11.3 Å². The number of halogens is 1. The summed E-state index contributed by atoms with van der Waals surface area (Å²) in [5.41, 5.74) is 2.50. The number of hydrogen-bond donors (Lipinski definition) is 1. The number of ketones is 1. The fourth-order valence-electron chi connectivity index (χ4n) is 4.14. The Bertz CT molecular complexity index is 1480. The van der Waals surface area contributed by atoms with Crippen LogP contribution < -0.4 is 9.64 Å². The van der Waals surface area contributed by atoms with E-state index in [1.165, 1.54) is 40.5 Å². The summed E-state index contributed by atoms with van der Waals surface area (Å²) in [7, 11) is 0. The summed E-state index contributed by atoms with van der Waals surface area (Å²) >= 11 is 1.28. The second-order valence-corrected chi connectivity index (χ2v) is 9.15. The lowest BCUT2D eigenvalue weighted by Gasteiger charge is -2.23. The van der Waals surface area contributed by atoms with Gasteiger partial charge in [-0.3, -0.25) is 14.5 Å². The van der Waals surface area contributed by atoms with Crippen molar-refractivity contribution >= 4 is 44.1 Å². The molecule has 0 spiro atoms. The number of amides is 1. The van der Waals surface area contributed by atoms with E-state index in [0.29, 0.717) is 34.1 Å². The number of rotatable bonds is 5. The van der Waals surface area contributed by atoms with Gasteiger partial charge in [-0.15, -0.1) is 0 Å². The van der Waals surface area contributed by atoms with Crippen molar-refractivity contribution in [2.45, 2.75) is 19.9 Å². The van der Waals surface area contributed by atoms with Crippen molar-refractivity contribution in [1.82, 2.24) is 4.98 Å². The fraction of sp³-hybridized carbons (Fsp3) is 0.148. The molecule has 176 valence electrons. The third-order valence-electron chi connectivity index (χ3n) is 5.81. The molecule has 2 heterocycles. The zero-order valence-corrected chi connectivity index (χ0v) is 19.8. The standard InChI is InChI=1S/C27H21FN2O4S/c1-3-34-19-11-7-17(8-12-19)24(31)22-23(16-5-9-18(28)10-6-16)30(26(33)25(22)32)27-29-20-13-4-15(2)14-21(20)35-27/h4-14,23,31H,3H2,1-2H3/b24-22+/t23-/m1/s1. The molecule has 1 aliphatic rings. The number of carbonyl (C=O) groups excluding carboxylic acids is 2. The lowest BCUT2D eigenvalue weighted by atomic mass is 9.95. The molecule has 3 aromatic carbocycles. The number of aryl methyl sites for hydroxylation is 1. The van der Waals surface area contributed by atoms with Crippen LogP contribution in [0, 0.1) is 12.7 Å². The number of aliphatic hydroxyl groups excluding tert-OH is 1. The number of anilines is 1. The Morgan fingerprint density at radius 2 is 1.80 bits per heavy atom. The van der Waals surface area contributed by atoms with Crippen LogP contribution in [0.2, 0.25) is 0 Å². The number of thiazole rings is 1. The lowest BCUT2D eigenvalue weighted by Crippen LogP contribution is -2.29. The van der Waals surface area contributed by atoms with Gasteiger partial charge >= 0.3 is 5.91 Å². The van der Waals surface area contributed by atoms with E-state index in [1.54, 1.807) is 24.3 Å². The summed E-state index contributed by atoms with van der Waals surface area (Å²) < 4.78 is 20.0. The zero-order valence-electron chi connectivity index (χ0n) is 19.0. The number of aliphatic hydroxyl groups is 1. The molecule has 1 saturated heterocycles. The van der Waals surface area contributed by atoms with Gasteiger partial charge in [0, 0.05) is 5.56 Å². The van der Waals surface area contributed by atoms with E-state index in [4.69, 9.17) is 4.74 Å². The van der Waals surface area contributed by atoms with Crippen molar-refractivity contribution in [3.05, 3.63) is 94.8 Å². The van der Waals surface area contributed by atoms with Gasteiger partial charge in [-0.25, -0.2) is 9.37 Å². The first-order valence-electron chi connectivity index (χ1n) is 11.0. The smallest absolute Gasteiger partial charge is 0.301 e. The minimum absolute atomic E-state index is 0.0822. The maximum Gasteiger partial charge on any atom is 0.301 e. The number of nitrogens with zero attached hydrogens (tertiary/aromatic N) is 2. The van der Waals surface area contributed by atoms with Gasteiger partial charge in [0.05, 0.1) is 28.4 Å². The highest BCUT2D eigenvalue weighted by molar-refractivity contribution is 7.22. The van der Waals surface area contributed by atoms with Gasteiger partial charge in [-0.05, 0) is 73.5 Å².